The van der Waals surface area contributed by atoms with Gasteiger partial charge >= 0.3 is 5.97 Å². The van der Waals surface area contributed by atoms with Crippen LogP contribution in [-0.4, -0.2) is 11.1 Å². The Balaban J connectivity index is 2.50. The van der Waals surface area contributed by atoms with Gasteiger partial charge in [0.2, 0.25) is 5.91 Å². The molecule has 0 aliphatic heterocycles. The van der Waals surface area contributed by atoms with Crippen LogP contribution in [0.5, 0.6) is 0 Å². The number of hydrogen-bond acceptors (Lipinski definition) is 3. The molecule has 1 aromatic carbocycles. The molecule has 0 unspecified atom stereocenters. The van der Waals surface area contributed by atoms with Gasteiger partial charge in [0.1, 0.15) is 4.88 Å². The first-order valence-corrected chi connectivity index (χ1v) is 9.09. The van der Waals surface area contributed by atoms with E-state index in [1.54, 1.807) is 6.07 Å². The van der Waals surface area contributed by atoms with Gasteiger partial charge in [-0.15, -0.1) is 11.3 Å². The molecule has 0 aliphatic carbocycles. The van der Waals surface area contributed by atoms with Crippen molar-refractivity contribution in [3.05, 3.63) is 34.7 Å². The molecule has 0 fully saturated rings. The minimum atomic E-state index is -3.90. The molecule has 0 bridgehead atoms. The average Bonchev–Trinajstić information content (AvgIpc) is 2.69. The van der Waals surface area contributed by atoms with Crippen LogP contribution >= 0.6 is 39.7 Å². The summed E-state index contributed by atoms with van der Waals surface area (Å²) in [7, 11) is 0. The Labute approximate surface area is 115 Å². The van der Waals surface area contributed by atoms with E-state index in [1.807, 2.05) is 0 Å². The lowest BCUT2D eigenvalue weighted by Gasteiger charge is -2.08. The van der Waals surface area contributed by atoms with Gasteiger partial charge in [0.25, 0.3) is 5.85 Å². The van der Waals surface area contributed by atoms with Gasteiger partial charge in [-0.05, 0) is 51.6 Å². The zero-order valence-corrected chi connectivity index (χ0v) is 11.9. The summed E-state index contributed by atoms with van der Waals surface area (Å²) in [6.07, 6.45) is 0. The highest BCUT2D eigenvalue weighted by Crippen LogP contribution is 2.68. The van der Waals surface area contributed by atoms with Crippen molar-refractivity contribution in [2.75, 3.05) is 0 Å². The Morgan fingerprint density at radius 3 is 2.61 bits per heavy atom. The first-order chi connectivity index (χ1) is 8.29. The maximum atomic E-state index is 13.7. The molecule has 8 heteroatoms. The Kier molecular flexibility index (Phi) is 3.70. The molecular formula is C10H6Cl2FO3PS. The molecule has 2 aromatic rings. The summed E-state index contributed by atoms with van der Waals surface area (Å²) in [4.78, 5) is 10.9. The Morgan fingerprint density at radius 1 is 1.39 bits per heavy atom. The number of alkyl halides is 1. The van der Waals surface area contributed by atoms with Crippen molar-refractivity contribution in [1.82, 2.24) is 0 Å². The molecule has 0 radical (unpaired) electrons. The molecule has 1 heterocycles. The van der Waals surface area contributed by atoms with Crippen LogP contribution in [0.15, 0.2) is 24.3 Å². The highest BCUT2D eigenvalue weighted by atomic mass is 35.9. The van der Waals surface area contributed by atoms with E-state index in [2.05, 4.69) is 0 Å². The summed E-state index contributed by atoms with van der Waals surface area (Å²) < 4.78 is 25.6. The van der Waals surface area contributed by atoms with Crippen LogP contribution in [0, 0.1) is 0 Å². The predicted molar refractivity (Wildman–Crippen MR) is 71.9 cm³/mol. The van der Waals surface area contributed by atoms with Crippen molar-refractivity contribution in [1.29, 1.82) is 0 Å². The zero-order valence-electron chi connectivity index (χ0n) is 8.64. The van der Waals surface area contributed by atoms with Crippen LogP contribution in [0.1, 0.15) is 21.1 Å². The fraction of sp³-hybridized carbons (Fsp3) is 0.100. The Bertz CT molecular complexity index is 666. The summed E-state index contributed by atoms with van der Waals surface area (Å²) in [5, 5.41) is 9.40. The second-order valence-electron chi connectivity index (χ2n) is 3.55. The second-order valence-corrected chi connectivity index (χ2v) is 9.63. The number of aromatic carboxylic acids is 1. The molecule has 2 rings (SSSR count). The molecule has 96 valence electrons. The van der Waals surface area contributed by atoms with Gasteiger partial charge in [0, 0.05) is 4.70 Å². The molecule has 1 aromatic heterocycles. The van der Waals surface area contributed by atoms with E-state index in [1.165, 1.54) is 18.2 Å². The average molecular weight is 327 g/mol. The number of thiophene rings is 1. The monoisotopic (exact) mass is 326 g/mol. The van der Waals surface area contributed by atoms with Crippen molar-refractivity contribution in [3.8, 4) is 0 Å². The van der Waals surface area contributed by atoms with Crippen LogP contribution in [0.2, 0.25) is 0 Å². The molecule has 0 saturated carbocycles. The van der Waals surface area contributed by atoms with Gasteiger partial charge in [-0.1, -0.05) is 6.07 Å². The number of carboxylic acids is 1. The molecule has 0 aliphatic rings. The predicted octanol–water partition coefficient (Wildman–Crippen LogP) is 5.24. The van der Waals surface area contributed by atoms with Gasteiger partial charge in [-0.25, -0.2) is 9.18 Å². The van der Waals surface area contributed by atoms with E-state index in [-0.39, 0.29) is 10.4 Å². The lowest BCUT2D eigenvalue weighted by molar-refractivity contribution is 0.0702. The molecular weight excluding hydrogens is 321 g/mol. The summed E-state index contributed by atoms with van der Waals surface area (Å²) in [6.45, 7) is 0. The van der Waals surface area contributed by atoms with Crippen molar-refractivity contribution >= 4 is 55.7 Å². The fourth-order valence-corrected chi connectivity index (χ4v) is 3.55. The molecule has 3 nitrogen and oxygen atoms in total. The molecule has 0 saturated heterocycles. The third kappa shape index (κ3) is 2.69. The van der Waals surface area contributed by atoms with E-state index >= 15 is 0 Å². The highest BCUT2D eigenvalue weighted by molar-refractivity contribution is 8.08. The molecule has 18 heavy (non-hydrogen) atoms. The van der Waals surface area contributed by atoms with Crippen LogP contribution in [-0.2, 0) is 4.57 Å². The van der Waals surface area contributed by atoms with Gasteiger partial charge in [-0.2, -0.15) is 0 Å². The van der Waals surface area contributed by atoms with Crippen molar-refractivity contribution in [2.45, 2.75) is 5.91 Å². The summed E-state index contributed by atoms with van der Waals surface area (Å²) in [5.41, 5.74) is 0.0746. The standard InChI is InChI=1S/C10H6Cl2FO3PS/c11-17(12,16)9(13)5-1-2-7-6(3-5)4-8(18-7)10(14)15/h1-4,9H,(H,14,15)/t9-/m0/s1. The van der Waals surface area contributed by atoms with Gasteiger partial charge in [-0.3, -0.25) is 4.57 Å². The highest BCUT2D eigenvalue weighted by Gasteiger charge is 2.30. The number of carboxylic acid groups (broad SMARTS) is 1. The summed E-state index contributed by atoms with van der Waals surface area (Å²) in [5.74, 6) is -6.92. The topological polar surface area (TPSA) is 54.4 Å². The smallest absolute Gasteiger partial charge is 0.345 e. The quantitative estimate of drug-likeness (QED) is 0.785. The van der Waals surface area contributed by atoms with Crippen LogP contribution in [0.3, 0.4) is 0 Å². The number of fused-ring (bicyclic) bond motifs is 1. The van der Waals surface area contributed by atoms with Crippen LogP contribution in [0.25, 0.3) is 10.1 Å². The van der Waals surface area contributed by atoms with E-state index < -0.39 is 17.7 Å². The number of hydrogen-bond donors (Lipinski definition) is 1. The minimum Gasteiger partial charge on any atom is -0.477 e. The van der Waals surface area contributed by atoms with Crippen molar-refractivity contribution < 1.29 is 18.9 Å². The zero-order chi connectivity index (χ0) is 13.5. The maximum Gasteiger partial charge on any atom is 0.345 e. The first kappa shape index (κ1) is 13.8. The van der Waals surface area contributed by atoms with Crippen molar-refractivity contribution in [3.63, 3.8) is 0 Å². The van der Waals surface area contributed by atoms with Crippen molar-refractivity contribution in [2.24, 2.45) is 0 Å². The number of halogens is 3. The van der Waals surface area contributed by atoms with E-state index in [4.69, 9.17) is 27.6 Å². The normalized spacial score (nSPS) is 13.7. The van der Waals surface area contributed by atoms with Crippen LogP contribution < -0.4 is 0 Å². The third-order valence-corrected chi connectivity index (χ3v) is 5.25. The molecule has 1 atom stereocenters. The second kappa shape index (κ2) is 4.82. The van der Waals surface area contributed by atoms with Crippen LogP contribution in [0.4, 0.5) is 4.39 Å². The fourth-order valence-electron chi connectivity index (χ4n) is 1.49. The summed E-state index contributed by atoms with van der Waals surface area (Å²) >= 11 is 11.6. The van der Waals surface area contributed by atoms with E-state index in [0.29, 0.717) is 10.1 Å². The van der Waals surface area contributed by atoms with E-state index in [0.717, 1.165) is 11.3 Å². The third-order valence-electron chi connectivity index (χ3n) is 2.29. The summed E-state index contributed by atoms with van der Waals surface area (Å²) in [6, 6.07) is 5.77. The molecule has 0 spiro atoms. The number of rotatable bonds is 3. The van der Waals surface area contributed by atoms with E-state index in [9.17, 15) is 13.8 Å². The SMILES string of the molecule is O=C(O)c1cc2cc([C@@H](F)P(=O)(Cl)Cl)ccc2s1. The van der Waals surface area contributed by atoms with Gasteiger partial charge in [0.15, 0.2) is 0 Å². The maximum absolute atomic E-state index is 13.7. The lowest BCUT2D eigenvalue weighted by Crippen LogP contribution is -1.89. The molecule has 1 N–H and O–H groups in total. The largest absolute Gasteiger partial charge is 0.477 e. The Morgan fingerprint density at radius 2 is 2.06 bits per heavy atom. The molecule has 0 amide bonds. The van der Waals surface area contributed by atoms with Gasteiger partial charge in [0.05, 0.1) is 0 Å². The number of carbonyl (C=O) groups is 1. The van der Waals surface area contributed by atoms with Gasteiger partial charge < -0.3 is 5.11 Å². The lowest BCUT2D eigenvalue weighted by atomic mass is 10.2. The number of benzene rings is 1. The first-order valence-electron chi connectivity index (χ1n) is 4.69. The minimum absolute atomic E-state index is 0.0746. The Hall–Kier alpha value is -0.610.